The molecule has 0 aliphatic carbocycles. The van der Waals surface area contributed by atoms with Crippen LogP contribution in [0.3, 0.4) is 0 Å². The molecule has 1 aromatic carbocycles. The number of benzene rings is 1. The maximum Gasteiger partial charge on any atom is 0.153 e. The van der Waals surface area contributed by atoms with Crippen LogP contribution >= 0.6 is 0 Å². The second-order valence-electron chi connectivity index (χ2n) is 6.03. The smallest absolute Gasteiger partial charge is 0.153 e. The highest BCUT2D eigenvalue weighted by atomic mass is 32.2. The molecule has 0 fully saturated rings. The number of hydrogen-bond acceptors (Lipinski definition) is 4. The zero-order valence-electron chi connectivity index (χ0n) is 12.3. The van der Waals surface area contributed by atoms with Gasteiger partial charge in [0, 0.05) is 25.3 Å². The van der Waals surface area contributed by atoms with Gasteiger partial charge >= 0.3 is 0 Å². The quantitative estimate of drug-likeness (QED) is 0.903. The average molecular weight is 297 g/mol. The summed E-state index contributed by atoms with van der Waals surface area (Å²) in [5, 5.41) is 3.31. The maximum atomic E-state index is 11.7. The molecule has 0 radical (unpaired) electrons. The molecule has 20 heavy (non-hydrogen) atoms. The van der Waals surface area contributed by atoms with Crippen LogP contribution in [-0.2, 0) is 9.84 Å². The lowest BCUT2D eigenvalue weighted by molar-refractivity contribution is 0.264. The van der Waals surface area contributed by atoms with Gasteiger partial charge in [0.1, 0.15) is 5.75 Å². The van der Waals surface area contributed by atoms with Crippen LogP contribution in [0.15, 0.2) is 24.3 Å². The van der Waals surface area contributed by atoms with Gasteiger partial charge in [-0.05, 0) is 31.9 Å². The summed E-state index contributed by atoms with van der Waals surface area (Å²) >= 11 is 0. The molecule has 0 amide bonds. The van der Waals surface area contributed by atoms with Crippen molar-refractivity contribution >= 4 is 9.84 Å². The molecule has 0 spiro atoms. The molecule has 1 aliphatic rings. The Morgan fingerprint density at radius 2 is 2.05 bits per heavy atom. The third-order valence-corrected chi connectivity index (χ3v) is 6.18. The fourth-order valence-electron chi connectivity index (χ4n) is 2.31. The molecule has 0 aromatic heterocycles. The minimum atomic E-state index is -3.05. The van der Waals surface area contributed by atoms with E-state index in [1.54, 1.807) is 13.8 Å². The lowest BCUT2D eigenvalue weighted by Gasteiger charge is -2.28. The van der Waals surface area contributed by atoms with Gasteiger partial charge in [-0.3, -0.25) is 0 Å². The Labute approximate surface area is 121 Å². The molecule has 112 valence electrons. The highest BCUT2D eigenvalue weighted by Crippen LogP contribution is 2.32. The normalized spacial score (nSPS) is 19.2. The van der Waals surface area contributed by atoms with E-state index >= 15 is 0 Å². The molecular weight excluding hydrogens is 274 g/mol. The van der Waals surface area contributed by atoms with Crippen molar-refractivity contribution in [1.29, 1.82) is 0 Å². The molecular formula is C15H23NO3S. The molecule has 2 rings (SSSR count). The van der Waals surface area contributed by atoms with Crippen LogP contribution in [0.1, 0.15) is 31.7 Å². The van der Waals surface area contributed by atoms with E-state index < -0.39 is 14.6 Å². The Morgan fingerprint density at radius 3 is 2.75 bits per heavy atom. The molecule has 0 saturated carbocycles. The average Bonchev–Trinajstić information content (AvgIpc) is 2.37. The standard InChI is InChI=1S/C15H23NO3S/c1-15(2,20(3,17)18)11-16-10-12-8-9-19-14-7-5-4-6-13(12)14/h4-7,12,16H,8-11H2,1-3H3. The number of rotatable bonds is 5. The second kappa shape index (κ2) is 5.74. The lowest BCUT2D eigenvalue weighted by atomic mass is 9.93. The van der Waals surface area contributed by atoms with Gasteiger partial charge in [0.15, 0.2) is 9.84 Å². The molecule has 1 aliphatic heterocycles. The highest BCUT2D eigenvalue weighted by molar-refractivity contribution is 7.92. The van der Waals surface area contributed by atoms with Gasteiger partial charge < -0.3 is 10.1 Å². The largest absolute Gasteiger partial charge is 0.493 e. The molecule has 1 unspecified atom stereocenters. The number of nitrogens with one attached hydrogen (secondary N) is 1. The molecule has 1 N–H and O–H groups in total. The zero-order chi connectivity index (χ0) is 14.8. The van der Waals surface area contributed by atoms with Crippen molar-refractivity contribution in [1.82, 2.24) is 5.32 Å². The Bertz CT molecular complexity index is 566. The topological polar surface area (TPSA) is 55.4 Å². The molecule has 1 aromatic rings. The molecule has 0 bridgehead atoms. The van der Waals surface area contributed by atoms with Gasteiger partial charge in [-0.2, -0.15) is 0 Å². The van der Waals surface area contributed by atoms with E-state index in [4.69, 9.17) is 4.74 Å². The van der Waals surface area contributed by atoms with Crippen molar-refractivity contribution in [2.75, 3.05) is 26.0 Å². The van der Waals surface area contributed by atoms with E-state index in [-0.39, 0.29) is 0 Å². The Balaban J connectivity index is 1.97. The monoisotopic (exact) mass is 297 g/mol. The van der Waals surface area contributed by atoms with Crippen LogP contribution in [0.4, 0.5) is 0 Å². The van der Waals surface area contributed by atoms with E-state index in [9.17, 15) is 8.42 Å². The predicted octanol–water partition coefficient (Wildman–Crippen LogP) is 1.97. The van der Waals surface area contributed by atoms with Crippen molar-refractivity contribution < 1.29 is 13.2 Å². The number of ether oxygens (including phenoxy) is 1. The van der Waals surface area contributed by atoms with Crippen molar-refractivity contribution in [2.24, 2.45) is 0 Å². The van der Waals surface area contributed by atoms with Crippen LogP contribution in [0, 0.1) is 0 Å². The first-order valence-corrected chi connectivity index (χ1v) is 8.82. The van der Waals surface area contributed by atoms with Gasteiger partial charge in [0.2, 0.25) is 0 Å². The third kappa shape index (κ3) is 3.33. The molecule has 4 nitrogen and oxygen atoms in total. The van der Waals surface area contributed by atoms with E-state index in [1.807, 2.05) is 18.2 Å². The fraction of sp³-hybridized carbons (Fsp3) is 0.600. The summed E-state index contributed by atoms with van der Waals surface area (Å²) in [5.41, 5.74) is 1.21. The summed E-state index contributed by atoms with van der Waals surface area (Å²) in [7, 11) is -3.05. The molecule has 0 saturated heterocycles. The number of sulfone groups is 1. The Hall–Kier alpha value is -1.07. The highest BCUT2D eigenvalue weighted by Gasteiger charge is 2.30. The van der Waals surface area contributed by atoms with Crippen molar-refractivity contribution in [2.45, 2.75) is 30.9 Å². The minimum absolute atomic E-state index is 0.385. The first-order chi connectivity index (χ1) is 9.31. The third-order valence-electron chi connectivity index (χ3n) is 4.03. The maximum absolute atomic E-state index is 11.7. The lowest BCUT2D eigenvalue weighted by Crippen LogP contribution is -2.43. The number of hydrogen-bond donors (Lipinski definition) is 1. The van der Waals surface area contributed by atoms with E-state index in [0.29, 0.717) is 12.5 Å². The number of para-hydroxylation sites is 1. The zero-order valence-corrected chi connectivity index (χ0v) is 13.2. The van der Waals surface area contributed by atoms with E-state index in [1.165, 1.54) is 11.8 Å². The van der Waals surface area contributed by atoms with Crippen LogP contribution in [-0.4, -0.2) is 39.1 Å². The first kappa shape index (κ1) is 15.3. The summed E-state index contributed by atoms with van der Waals surface area (Å²) in [5.74, 6) is 1.34. The van der Waals surface area contributed by atoms with Crippen molar-refractivity contribution in [3.63, 3.8) is 0 Å². The fourth-order valence-corrected chi connectivity index (χ4v) is 2.67. The van der Waals surface area contributed by atoms with Crippen LogP contribution in [0.5, 0.6) is 5.75 Å². The van der Waals surface area contributed by atoms with Gasteiger partial charge in [0.25, 0.3) is 0 Å². The SMILES string of the molecule is CC(C)(CNCC1CCOc2ccccc21)S(C)(=O)=O. The van der Waals surface area contributed by atoms with Crippen molar-refractivity contribution in [3.05, 3.63) is 29.8 Å². The number of fused-ring (bicyclic) bond motifs is 1. The van der Waals surface area contributed by atoms with Gasteiger partial charge in [0.05, 0.1) is 11.4 Å². The molecule has 1 heterocycles. The Morgan fingerprint density at radius 1 is 1.35 bits per heavy atom. The first-order valence-electron chi connectivity index (χ1n) is 6.93. The van der Waals surface area contributed by atoms with Crippen molar-refractivity contribution in [3.8, 4) is 5.75 Å². The van der Waals surface area contributed by atoms with Gasteiger partial charge in [-0.15, -0.1) is 0 Å². The summed E-state index contributed by atoms with van der Waals surface area (Å²) in [6.45, 7) is 5.48. The predicted molar refractivity (Wildman–Crippen MR) is 81.1 cm³/mol. The molecule has 5 heteroatoms. The summed E-state index contributed by atoms with van der Waals surface area (Å²) < 4.78 is 28.2. The van der Waals surface area contributed by atoms with Gasteiger partial charge in [-0.25, -0.2) is 8.42 Å². The summed E-state index contributed by atoms with van der Waals surface area (Å²) in [6.07, 6.45) is 2.25. The van der Waals surface area contributed by atoms with E-state index in [0.717, 1.165) is 25.3 Å². The van der Waals surface area contributed by atoms with E-state index in [2.05, 4.69) is 11.4 Å². The second-order valence-corrected chi connectivity index (χ2v) is 8.68. The molecule has 1 atom stereocenters. The summed E-state index contributed by atoms with van der Waals surface area (Å²) in [6, 6.07) is 8.06. The summed E-state index contributed by atoms with van der Waals surface area (Å²) in [4.78, 5) is 0. The Kier molecular flexibility index (Phi) is 4.39. The minimum Gasteiger partial charge on any atom is -0.493 e. The van der Waals surface area contributed by atoms with Crippen LogP contribution in [0.25, 0.3) is 0 Å². The van der Waals surface area contributed by atoms with Gasteiger partial charge in [-0.1, -0.05) is 18.2 Å². The van der Waals surface area contributed by atoms with Crippen LogP contribution in [0.2, 0.25) is 0 Å². The van der Waals surface area contributed by atoms with Crippen LogP contribution < -0.4 is 10.1 Å².